The molecule has 2 heterocycles. The van der Waals surface area contributed by atoms with Crippen molar-refractivity contribution in [1.82, 2.24) is 5.32 Å². The lowest BCUT2D eigenvalue weighted by atomic mass is 9.95. The first-order chi connectivity index (χ1) is 28.0. The Bertz CT molecular complexity index is 1330. The van der Waals surface area contributed by atoms with Crippen LogP contribution in [-0.4, -0.2) is 60.3 Å². The van der Waals surface area contributed by atoms with Crippen LogP contribution in [0.3, 0.4) is 0 Å². The molecule has 7 atom stereocenters. The summed E-state index contributed by atoms with van der Waals surface area (Å²) in [5.74, 6) is -0.807. The highest BCUT2D eigenvalue weighted by atomic mass is 16.7. The zero-order valence-electron chi connectivity index (χ0n) is 35.3. The molecule has 0 aliphatic carbocycles. The van der Waals surface area contributed by atoms with Crippen molar-refractivity contribution < 1.29 is 38.4 Å². The van der Waals surface area contributed by atoms with Crippen molar-refractivity contribution in [3.05, 3.63) is 71.8 Å². The molecular weight excluding hydrogens is 719 g/mol. The van der Waals surface area contributed by atoms with Gasteiger partial charge in [-0.25, -0.2) is 0 Å². The second kappa shape index (κ2) is 28.6. The van der Waals surface area contributed by atoms with E-state index in [9.17, 15) is 14.7 Å². The van der Waals surface area contributed by atoms with Gasteiger partial charge in [0.1, 0.15) is 24.4 Å². The Morgan fingerprint density at radius 1 is 0.702 bits per heavy atom. The van der Waals surface area contributed by atoms with Crippen LogP contribution in [-0.2, 0) is 39.9 Å². The normalized spacial score (nSPS) is 22.4. The van der Waals surface area contributed by atoms with Gasteiger partial charge in [-0.3, -0.25) is 9.59 Å². The van der Waals surface area contributed by atoms with Gasteiger partial charge in [-0.05, 0) is 24.8 Å². The van der Waals surface area contributed by atoms with Crippen molar-refractivity contribution in [3.63, 3.8) is 0 Å². The minimum Gasteiger partial charge on any atom is -0.452 e. The van der Waals surface area contributed by atoms with Crippen LogP contribution in [0.15, 0.2) is 60.7 Å². The average Bonchev–Trinajstić information content (AvgIpc) is 3.24. The number of nitrogens with one attached hydrogen (secondary N) is 1. The molecular formula is C48H75NO8. The fraction of sp³-hybridized carbons (Fsp3) is 0.708. The van der Waals surface area contributed by atoms with E-state index in [1.165, 1.54) is 96.3 Å². The standard InChI is InChI=1S/C48H75NO8/c1-3-5-7-9-11-13-15-17-19-21-29-35-42(50)55-40(34-28-20-18-16-14-12-10-8-6-4-2)46(52)49-43-44(51)45-41(37-54-47(57-45)39-32-26-23-27-33-39)56-48(43)53-36-38-30-24-22-25-31-38/h22-27,30-33,40-41,43-45,47-48,51H,3-21,28-29,34-37H2,1-2H3,(H,49,52)/t40?,41-,43-,44-,45-,47?,48-/m1/s1. The maximum atomic E-state index is 14.1. The Hall–Kier alpha value is -2.82. The number of esters is 1. The van der Waals surface area contributed by atoms with Crippen LogP contribution in [0.25, 0.3) is 0 Å². The summed E-state index contributed by atoms with van der Waals surface area (Å²) in [4.78, 5) is 27.3. The van der Waals surface area contributed by atoms with Gasteiger partial charge in [-0.15, -0.1) is 0 Å². The van der Waals surface area contributed by atoms with Crippen LogP contribution < -0.4 is 5.32 Å². The van der Waals surface area contributed by atoms with Gasteiger partial charge in [0.2, 0.25) is 0 Å². The second-order valence-corrected chi connectivity index (χ2v) is 16.3. The Morgan fingerprint density at radius 2 is 1.23 bits per heavy atom. The van der Waals surface area contributed by atoms with Gasteiger partial charge < -0.3 is 34.1 Å². The fourth-order valence-electron chi connectivity index (χ4n) is 7.89. The predicted octanol–water partition coefficient (Wildman–Crippen LogP) is 10.8. The first-order valence-electron chi connectivity index (χ1n) is 22.8. The number of fused-ring (bicyclic) bond motifs is 1. The molecule has 0 radical (unpaired) electrons. The number of benzene rings is 2. The molecule has 2 N–H and O–H groups in total. The maximum Gasteiger partial charge on any atom is 0.306 e. The topological polar surface area (TPSA) is 113 Å². The molecule has 2 aromatic carbocycles. The number of carbonyl (C=O) groups is 2. The van der Waals surface area contributed by atoms with Crippen LogP contribution in [0, 0.1) is 0 Å². The number of ether oxygens (including phenoxy) is 5. The molecule has 57 heavy (non-hydrogen) atoms. The molecule has 9 nitrogen and oxygen atoms in total. The molecule has 2 fully saturated rings. The third-order valence-corrected chi connectivity index (χ3v) is 11.4. The van der Waals surface area contributed by atoms with E-state index in [4.69, 9.17) is 23.7 Å². The molecule has 2 aliphatic heterocycles. The van der Waals surface area contributed by atoms with E-state index in [-0.39, 0.29) is 25.6 Å². The predicted molar refractivity (Wildman–Crippen MR) is 225 cm³/mol. The number of aliphatic hydroxyl groups excluding tert-OH is 1. The number of rotatable bonds is 30. The quantitative estimate of drug-likeness (QED) is 0.0594. The van der Waals surface area contributed by atoms with Gasteiger partial charge in [0, 0.05) is 12.0 Å². The molecule has 9 heteroatoms. The molecule has 2 aromatic rings. The lowest BCUT2D eigenvalue weighted by Gasteiger charge is -2.48. The number of hydrogen-bond donors (Lipinski definition) is 2. The summed E-state index contributed by atoms with van der Waals surface area (Å²) in [7, 11) is 0. The van der Waals surface area contributed by atoms with E-state index >= 15 is 0 Å². The summed E-state index contributed by atoms with van der Waals surface area (Å²) in [6, 6.07) is 18.3. The van der Waals surface area contributed by atoms with E-state index in [1.54, 1.807) is 0 Å². The third-order valence-electron chi connectivity index (χ3n) is 11.4. The molecule has 320 valence electrons. The highest BCUT2D eigenvalue weighted by Crippen LogP contribution is 2.35. The molecule has 0 aromatic heterocycles. The Labute approximate surface area is 344 Å². The Balaban J connectivity index is 1.34. The van der Waals surface area contributed by atoms with Gasteiger partial charge in [0.05, 0.1) is 13.2 Å². The number of carbonyl (C=O) groups excluding carboxylic acids is 2. The minimum absolute atomic E-state index is 0.186. The molecule has 4 rings (SSSR count). The summed E-state index contributed by atoms with van der Waals surface area (Å²) < 4.78 is 30.9. The van der Waals surface area contributed by atoms with Crippen molar-refractivity contribution in [1.29, 1.82) is 0 Å². The second-order valence-electron chi connectivity index (χ2n) is 16.3. The first-order valence-corrected chi connectivity index (χ1v) is 22.8. The monoisotopic (exact) mass is 794 g/mol. The molecule has 0 spiro atoms. The number of aliphatic hydroxyl groups is 1. The molecule has 2 saturated heterocycles. The van der Waals surface area contributed by atoms with Crippen molar-refractivity contribution in [2.75, 3.05) is 6.61 Å². The Kier molecular flexibility index (Phi) is 23.5. The largest absolute Gasteiger partial charge is 0.452 e. The van der Waals surface area contributed by atoms with Crippen LogP contribution >= 0.6 is 0 Å². The highest BCUT2D eigenvalue weighted by molar-refractivity contribution is 5.84. The van der Waals surface area contributed by atoms with Gasteiger partial charge in [0.15, 0.2) is 18.7 Å². The smallest absolute Gasteiger partial charge is 0.306 e. The molecule has 0 saturated carbocycles. The summed E-state index contributed by atoms with van der Waals surface area (Å²) in [6.07, 6.45) is 20.3. The van der Waals surface area contributed by atoms with Gasteiger partial charge in [0.25, 0.3) is 5.91 Å². The van der Waals surface area contributed by atoms with Gasteiger partial charge >= 0.3 is 5.97 Å². The number of amides is 1. The van der Waals surface area contributed by atoms with Crippen molar-refractivity contribution in [3.8, 4) is 0 Å². The average molecular weight is 794 g/mol. The first kappa shape index (κ1) is 46.9. The van der Waals surface area contributed by atoms with E-state index in [1.807, 2.05) is 60.7 Å². The van der Waals surface area contributed by atoms with Crippen LogP contribution in [0.2, 0.25) is 0 Å². The van der Waals surface area contributed by atoms with Crippen LogP contribution in [0.4, 0.5) is 0 Å². The van der Waals surface area contributed by atoms with Crippen LogP contribution in [0.5, 0.6) is 0 Å². The zero-order chi connectivity index (χ0) is 40.3. The fourth-order valence-corrected chi connectivity index (χ4v) is 7.89. The summed E-state index contributed by atoms with van der Waals surface area (Å²) in [6.45, 7) is 4.89. The maximum absolute atomic E-state index is 14.1. The summed E-state index contributed by atoms with van der Waals surface area (Å²) in [5, 5.41) is 14.9. The van der Waals surface area contributed by atoms with Crippen LogP contribution in [0.1, 0.15) is 179 Å². The summed E-state index contributed by atoms with van der Waals surface area (Å²) >= 11 is 0. The zero-order valence-corrected chi connectivity index (χ0v) is 35.3. The van der Waals surface area contributed by atoms with E-state index in [0.717, 1.165) is 49.7 Å². The summed E-state index contributed by atoms with van der Waals surface area (Å²) in [5.41, 5.74) is 1.76. The van der Waals surface area contributed by atoms with Crippen molar-refractivity contribution >= 4 is 11.9 Å². The van der Waals surface area contributed by atoms with Crippen molar-refractivity contribution in [2.45, 2.75) is 211 Å². The molecule has 2 unspecified atom stereocenters. The highest BCUT2D eigenvalue weighted by Gasteiger charge is 2.51. The van der Waals surface area contributed by atoms with E-state index < -0.39 is 48.9 Å². The van der Waals surface area contributed by atoms with Gasteiger partial charge in [-0.2, -0.15) is 0 Å². The number of hydrogen-bond acceptors (Lipinski definition) is 8. The number of unbranched alkanes of at least 4 members (excludes halogenated alkanes) is 19. The third kappa shape index (κ3) is 17.9. The van der Waals surface area contributed by atoms with Crippen molar-refractivity contribution in [2.24, 2.45) is 0 Å². The Morgan fingerprint density at radius 3 is 1.81 bits per heavy atom. The molecule has 1 amide bonds. The lowest BCUT2D eigenvalue weighted by Crippen LogP contribution is -2.67. The van der Waals surface area contributed by atoms with E-state index in [2.05, 4.69) is 19.2 Å². The SMILES string of the molecule is CCCCCCCCCCCCCC(=O)OC(CCCCCCCCCCCC)C(=O)N[C@H]1[C@H](OCc2ccccc2)O[C@@H]2COC(c3ccccc3)O[C@H]2[C@@H]1O. The lowest BCUT2D eigenvalue weighted by molar-refractivity contribution is -0.345. The molecule has 0 bridgehead atoms. The minimum atomic E-state index is -1.17. The van der Waals surface area contributed by atoms with Gasteiger partial charge in [-0.1, -0.05) is 197 Å². The molecule has 2 aliphatic rings. The van der Waals surface area contributed by atoms with E-state index in [0.29, 0.717) is 6.42 Å².